The molecule has 0 spiro atoms. The molecule has 0 bridgehead atoms. The Balaban J connectivity index is 0.000000204. The van der Waals surface area contributed by atoms with Crippen molar-refractivity contribution in [3.8, 4) is 0 Å². The Hall–Kier alpha value is -2.60. The second-order valence-electron chi connectivity index (χ2n) is 6.97. The maximum Gasteiger partial charge on any atom is -0.0100 e. The van der Waals surface area contributed by atoms with Gasteiger partial charge >= 0.3 is 0 Å². The smallest absolute Gasteiger partial charge is 0.0100 e. The number of allylic oxidation sites excluding steroid dienone is 1. The molecule has 0 fully saturated rings. The topological polar surface area (TPSA) is 0 Å². The first-order valence-electron chi connectivity index (χ1n) is 9.69. The molecule has 0 amide bonds. The van der Waals surface area contributed by atoms with Gasteiger partial charge < -0.3 is 0 Å². The number of aryl methyl sites for hydroxylation is 5. The molecule has 0 aliphatic carbocycles. The van der Waals surface area contributed by atoms with E-state index >= 15 is 0 Å². The van der Waals surface area contributed by atoms with Gasteiger partial charge in [0.15, 0.2) is 0 Å². The number of benzene rings is 3. The first-order valence-corrected chi connectivity index (χ1v) is 9.69. The van der Waals surface area contributed by atoms with Crippen LogP contribution >= 0.6 is 0 Å². The predicted octanol–water partition coefficient (Wildman–Crippen LogP) is 7.58. The van der Waals surface area contributed by atoms with E-state index in [1.165, 1.54) is 33.4 Å². The maximum absolute atomic E-state index is 3.68. The van der Waals surface area contributed by atoms with E-state index in [1.54, 1.807) is 0 Å². The van der Waals surface area contributed by atoms with Gasteiger partial charge in [0, 0.05) is 0 Å². The van der Waals surface area contributed by atoms with Crippen LogP contribution in [0.25, 0.3) is 0 Å². The second-order valence-corrected chi connectivity index (χ2v) is 6.97. The summed E-state index contributed by atoms with van der Waals surface area (Å²) in [5.41, 5.74) is 8.06. The van der Waals surface area contributed by atoms with E-state index in [0.717, 1.165) is 12.8 Å². The third-order valence-electron chi connectivity index (χ3n) is 4.25. The van der Waals surface area contributed by atoms with Crippen molar-refractivity contribution in [1.29, 1.82) is 0 Å². The Labute approximate surface area is 166 Å². The molecular weight excluding hydrogens is 324 g/mol. The van der Waals surface area contributed by atoms with Gasteiger partial charge in [0.2, 0.25) is 0 Å². The van der Waals surface area contributed by atoms with Crippen LogP contribution in [0.1, 0.15) is 40.3 Å². The van der Waals surface area contributed by atoms with Gasteiger partial charge in [-0.3, -0.25) is 0 Å². The monoisotopic (exact) mass is 358 g/mol. The van der Waals surface area contributed by atoms with Crippen LogP contribution in [0.4, 0.5) is 0 Å². The summed E-state index contributed by atoms with van der Waals surface area (Å²) in [4.78, 5) is 0. The predicted molar refractivity (Wildman–Crippen MR) is 122 cm³/mol. The highest BCUT2D eigenvalue weighted by Crippen LogP contribution is 2.04. The average molecular weight is 359 g/mol. The van der Waals surface area contributed by atoms with E-state index in [9.17, 15) is 0 Å². The lowest BCUT2D eigenvalue weighted by atomic mass is 10.1. The van der Waals surface area contributed by atoms with E-state index in [1.807, 2.05) is 6.08 Å². The van der Waals surface area contributed by atoms with Gasteiger partial charge in [0.25, 0.3) is 0 Å². The quantitative estimate of drug-likeness (QED) is 0.423. The van der Waals surface area contributed by atoms with Crippen molar-refractivity contribution in [3.05, 3.63) is 119 Å². The summed E-state index contributed by atoms with van der Waals surface area (Å²) in [6, 6.07) is 25.7. The van der Waals surface area contributed by atoms with E-state index in [4.69, 9.17) is 0 Å². The Bertz CT molecular complexity index is 739. The molecule has 3 aromatic rings. The zero-order valence-corrected chi connectivity index (χ0v) is 17.6. The summed E-state index contributed by atoms with van der Waals surface area (Å²) in [6.07, 6.45) is 4.03. The van der Waals surface area contributed by atoms with Gasteiger partial charge in [-0.1, -0.05) is 108 Å². The minimum absolute atomic E-state index is 0.972. The minimum atomic E-state index is 0.972. The van der Waals surface area contributed by atoms with Crippen molar-refractivity contribution in [2.45, 2.75) is 47.5 Å². The minimum Gasteiger partial charge on any atom is -0.103 e. The summed E-state index contributed by atoms with van der Waals surface area (Å²) in [5, 5.41) is 0. The standard InChI is InChI=1S/C10H12.C9H12.C8H10/c1-3-4-10-7-5-9(2)6-8-10;1-3-9-6-4-8(2)5-7-9;1-7-3-5-8(2)6-4-7/h3,5-8H,1,4H2,2H3;4-7H,3H2,1-2H3;3-6H,1-2H3. The molecule has 0 saturated carbocycles. The third-order valence-corrected chi connectivity index (χ3v) is 4.25. The number of hydrogen-bond acceptors (Lipinski definition) is 0. The average Bonchev–Trinajstić information content (AvgIpc) is 2.68. The summed E-state index contributed by atoms with van der Waals surface area (Å²) in [5.74, 6) is 0. The zero-order chi connectivity index (χ0) is 20.1. The van der Waals surface area contributed by atoms with E-state index < -0.39 is 0 Å². The SMILES string of the molecule is C=CCc1ccc(C)cc1.CCc1ccc(C)cc1.Cc1ccc(C)cc1. The van der Waals surface area contributed by atoms with Crippen molar-refractivity contribution in [2.24, 2.45) is 0 Å². The van der Waals surface area contributed by atoms with Crippen LogP contribution in [-0.2, 0) is 12.8 Å². The highest BCUT2D eigenvalue weighted by Gasteiger charge is 1.86. The summed E-state index contributed by atoms with van der Waals surface area (Å²) in [6.45, 7) is 14.2. The molecule has 0 nitrogen and oxygen atoms in total. The molecule has 0 radical (unpaired) electrons. The molecule has 3 aromatic carbocycles. The van der Waals surface area contributed by atoms with E-state index in [-0.39, 0.29) is 0 Å². The van der Waals surface area contributed by atoms with Gasteiger partial charge in [0.1, 0.15) is 0 Å². The molecule has 27 heavy (non-hydrogen) atoms. The molecule has 0 heterocycles. The molecular formula is C27H34. The Morgan fingerprint density at radius 3 is 1.15 bits per heavy atom. The fraction of sp³-hybridized carbons (Fsp3) is 0.259. The van der Waals surface area contributed by atoms with Crippen molar-refractivity contribution in [2.75, 3.05) is 0 Å². The van der Waals surface area contributed by atoms with Gasteiger partial charge in [-0.15, -0.1) is 6.58 Å². The van der Waals surface area contributed by atoms with Crippen molar-refractivity contribution >= 4 is 0 Å². The largest absolute Gasteiger partial charge is 0.103 e. The fourth-order valence-electron chi connectivity index (χ4n) is 2.35. The van der Waals surface area contributed by atoms with Crippen LogP contribution in [-0.4, -0.2) is 0 Å². The molecule has 0 unspecified atom stereocenters. The molecule has 0 aromatic heterocycles. The normalized spacial score (nSPS) is 9.37. The second kappa shape index (κ2) is 12.7. The van der Waals surface area contributed by atoms with Crippen LogP contribution in [0.3, 0.4) is 0 Å². The van der Waals surface area contributed by atoms with Crippen LogP contribution in [0.2, 0.25) is 0 Å². The van der Waals surface area contributed by atoms with Crippen molar-refractivity contribution < 1.29 is 0 Å². The Kier molecular flexibility index (Phi) is 10.6. The zero-order valence-electron chi connectivity index (χ0n) is 17.6. The molecule has 0 atom stereocenters. The van der Waals surface area contributed by atoms with Gasteiger partial charge in [-0.25, -0.2) is 0 Å². The maximum atomic E-state index is 3.68. The third kappa shape index (κ3) is 10.2. The lowest BCUT2D eigenvalue weighted by molar-refractivity contribution is 1.14. The molecule has 142 valence electrons. The number of rotatable bonds is 3. The van der Waals surface area contributed by atoms with Crippen molar-refractivity contribution in [1.82, 2.24) is 0 Å². The van der Waals surface area contributed by atoms with Gasteiger partial charge in [0.05, 0.1) is 0 Å². The van der Waals surface area contributed by atoms with E-state index in [2.05, 4.69) is 114 Å². The summed E-state index contributed by atoms with van der Waals surface area (Å²) < 4.78 is 0. The molecule has 0 aliphatic heterocycles. The number of hydrogen-bond donors (Lipinski definition) is 0. The molecule has 3 rings (SSSR count). The molecule has 0 aliphatic rings. The highest BCUT2D eigenvalue weighted by molar-refractivity contribution is 5.23. The lowest BCUT2D eigenvalue weighted by Crippen LogP contribution is -1.79. The highest BCUT2D eigenvalue weighted by atomic mass is 13.9. The first-order chi connectivity index (χ1) is 12.9. The molecule has 0 heteroatoms. The van der Waals surface area contributed by atoms with Crippen LogP contribution in [0, 0.1) is 27.7 Å². The molecule has 0 N–H and O–H groups in total. The van der Waals surface area contributed by atoms with Crippen LogP contribution in [0.5, 0.6) is 0 Å². The lowest BCUT2D eigenvalue weighted by Gasteiger charge is -1.95. The summed E-state index contributed by atoms with van der Waals surface area (Å²) in [7, 11) is 0. The van der Waals surface area contributed by atoms with Crippen LogP contribution < -0.4 is 0 Å². The van der Waals surface area contributed by atoms with Crippen LogP contribution in [0.15, 0.2) is 85.5 Å². The fourth-order valence-corrected chi connectivity index (χ4v) is 2.35. The van der Waals surface area contributed by atoms with Gasteiger partial charge in [-0.2, -0.15) is 0 Å². The van der Waals surface area contributed by atoms with Crippen molar-refractivity contribution in [3.63, 3.8) is 0 Å². The Morgan fingerprint density at radius 2 is 0.852 bits per heavy atom. The molecule has 0 saturated heterocycles. The first kappa shape index (κ1) is 22.4. The van der Waals surface area contributed by atoms with Gasteiger partial charge in [-0.05, 0) is 51.7 Å². The van der Waals surface area contributed by atoms with E-state index in [0.29, 0.717) is 0 Å². The Morgan fingerprint density at radius 1 is 0.556 bits per heavy atom. The summed E-state index contributed by atoms with van der Waals surface area (Å²) >= 11 is 0.